The van der Waals surface area contributed by atoms with Crippen molar-refractivity contribution in [3.8, 4) is 5.75 Å². The third-order valence-electron chi connectivity index (χ3n) is 2.50. The van der Waals surface area contributed by atoms with E-state index in [-0.39, 0.29) is 11.9 Å². The van der Waals surface area contributed by atoms with Gasteiger partial charge in [-0.15, -0.1) is 6.58 Å². The Labute approximate surface area is 102 Å². The lowest BCUT2D eigenvalue weighted by Crippen LogP contribution is -2.07. The maximum atomic E-state index is 13.3. The lowest BCUT2D eigenvalue weighted by atomic mass is 10.0. The van der Waals surface area contributed by atoms with E-state index in [4.69, 9.17) is 9.47 Å². The summed E-state index contributed by atoms with van der Waals surface area (Å²) in [6.45, 7) is 6.13. The first-order chi connectivity index (χ1) is 8.22. The minimum atomic E-state index is -0.274. The zero-order chi connectivity index (χ0) is 12.7. The fraction of sp³-hybridized carbons (Fsp3) is 0.429. The van der Waals surface area contributed by atoms with E-state index in [1.54, 1.807) is 19.3 Å². The van der Waals surface area contributed by atoms with Gasteiger partial charge in [-0.25, -0.2) is 4.39 Å². The monoisotopic (exact) mass is 238 g/mol. The molecule has 1 rings (SSSR count). The Morgan fingerprint density at radius 3 is 2.82 bits per heavy atom. The summed E-state index contributed by atoms with van der Waals surface area (Å²) in [5.41, 5.74) is 0.760. The van der Waals surface area contributed by atoms with Crippen LogP contribution in [0.2, 0.25) is 0 Å². The molecule has 0 unspecified atom stereocenters. The Morgan fingerprint density at radius 2 is 2.24 bits per heavy atom. The van der Waals surface area contributed by atoms with Gasteiger partial charge in [-0.2, -0.15) is 0 Å². The van der Waals surface area contributed by atoms with Crippen molar-refractivity contribution in [2.24, 2.45) is 0 Å². The lowest BCUT2D eigenvalue weighted by molar-refractivity contribution is 0.0648. The highest BCUT2D eigenvalue weighted by molar-refractivity contribution is 5.35. The van der Waals surface area contributed by atoms with E-state index in [9.17, 15) is 4.39 Å². The largest absolute Gasteiger partial charge is 0.496 e. The molecule has 17 heavy (non-hydrogen) atoms. The predicted octanol–water partition coefficient (Wildman–Crippen LogP) is 3.88. The minimum absolute atomic E-state index is 0.149. The molecule has 3 heteroatoms. The number of ether oxygens (including phenoxy) is 2. The second kappa shape index (κ2) is 7.07. The van der Waals surface area contributed by atoms with E-state index in [0.29, 0.717) is 12.4 Å². The molecule has 1 aromatic carbocycles. The second-order valence-corrected chi connectivity index (χ2v) is 3.79. The van der Waals surface area contributed by atoms with Crippen LogP contribution in [-0.2, 0) is 4.74 Å². The van der Waals surface area contributed by atoms with Crippen LogP contribution in [0.3, 0.4) is 0 Å². The second-order valence-electron chi connectivity index (χ2n) is 3.79. The van der Waals surface area contributed by atoms with E-state index < -0.39 is 0 Å². The molecule has 0 spiro atoms. The van der Waals surface area contributed by atoms with Gasteiger partial charge in [0.15, 0.2) is 0 Å². The standard InChI is InChI=1S/C14H19FO2/c1-4-6-14(17-9-5-2)12-10-11(15)7-8-13(12)16-3/h5,7-8,10,14H,2,4,6,9H2,1,3H3/t14-/m0/s1. The summed E-state index contributed by atoms with van der Waals surface area (Å²) in [7, 11) is 1.58. The number of benzene rings is 1. The lowest BCUT2D eigenvalue weighted by Gasteiger charge is -2.19. The van der Waals surface area contributed by atoms with Gasteiger partial charge in [0.1, 0.15) is 11.6 Å². The van der Waals surface area contributed by atoms with Crippen LogP contribution in [0, 0.1) is 5.82 Å². The molecule has 1 atom stereocenters. The molecule has 0 aliphatic heterocycles. The summed E-state index contributed by atoms with van der Waals surface area (Å²) in [5, 5.41) is 0. The van der Waals surface area contributed by atoms with Gasteiger partial charge in [-0.05, 0) is 24.6 Å². The molecule has 0 aromatic heterocycles. The third-order valence-corrected chi connectivity index (χ3v) is 2.50. The number of hydrogen-bond acceptors (Lipinski definition) is 2. The number of rotatable bonds is 7. The average Bonchev–Trinajstić information content (AvgIpc) is 2.34. The number of methoxy groups -OCH3 is 1. The Balaban J connectivity index is 2.97. The molecule has 0 aliphatic rings. The molecule has 0 saturated heterocycles. The van der Waals surface area contributed by atoms with Crippen LogP contribution >= 0.6 is 0 Å². The zero-order valence-electron chi connectivity index (χ0n) is 10.4. The first kappa shape index (κ1) is 13.7. The third kappa shape index (κ3) is 3.86. The topological polar surface area (TPSA) is 18.5 Å². The fourth-order valence-corrected chi connectivity index (χ4v) is 1.73. The van der Waals surface area contributed by atoms with Gasteiger partial charge >= 0.3 is 0 Å². The number of halogens is 1. The molecular weight excluding hydrogens is 219 g/mol. The molecule has 0 aliphatic carbocycles. The molecular formula is C14H19FO2. The fourth-order valence-electron chi connectivity index (χ4n) is 1.73. The van der Waals surface area contributed by atoms with Gasteiger partial charge in [0, 0.05) is 5.56 Å². The highest BCUT2D eigenvalue weighted by Crippen LogP contribution is 2.31. The van der Waals surface area contributed by atoms with Crippen LogP contribution in [0.4, 0.5) is 4.39 Å². The van der Waals surface area contributed by atoms with Crippen molar-refractivity contribution in [2.45, 2.75) is 25.9 Å². The Kier molecular flexibility index (Phi) is 5.70. The molecule has 0 N–H and O–H groups in total. The first-order valence-corrected chi connectivity index (χ1v) is 5.78. The van der Waals surface area contributed by atoms with E-state index >= 15 is 0 Å². The average molecular weight is 238 g/mol. The molecule has 2 nitrogen and oxygen atoms in total. The van der Waals surface area contributed by atoms with Crippen LogP contribution < -0.4 is 4.74 Å². The van der Waals surface area contributed by atoms with Crippen LogP contribution in [0.1, 0.15) is 31.4 Å². The van der Waals surface area contributed by atoms with Gasteiger partial charge in [0.25, 0.3) is 0 Å². The Bertz CT molecular complexity index is 363. The summed E-state index contributed by atoms with van der Waals surface area (Å²) in [4.78, 5) is 0. The summed E-state index contributed by atoms with van der Waals surface area (Å²) in [6.07, 6.45) is 3.33. The van der Waals surface area contributed by atoms with Gasteiger partial charge in [-0.1, -0.05) is 19.4 Å². The smallest absolute Gasteiger partial charge is 0.124 e. The summed E-state index contributed by atoms with van der Waals surface area (Å²) in [6, 6.07) is 4.49. The molecule has 0 fully saturated rings. The van der Waals surface area contributed by atoms with Crippen molar-refractivity contribution in [3.05, 3.63) is 42.2 Å². The summed E-state index contributed by atoms with van der Waals surface area (Å²) < 4.78 is 24.2. The van der Waals surface area contributed by atoms with Crippen molar-refractivity contribution in [1.29, 1.82) is 0 Å². The molecule has 94 valence electrons. The van der Waals surface area contributed by atoms with Crippen molar-refractivity contribution in [1.82, 2.24) is 0 Å². The molecule has 1 aromatic rings. The van der Waals surface area contributed by atoms with Crippen LogP contribution in [0.5, 0.6) is 5.75 Å². The maximum absolute atomic E-state index is 13.3. The van der Waals surface area contributed by atoms with Gasteiger partial charge in [-0.3, -0.25) is 0 Å². The normalized spacial score (nSPS) is 12.2. The molecule has 0 heterocycles. The van der Waals surface area contributed by atoms with Crippen molar-refractivity contribution in [2.75, 3.05) is 13.7 Å². The molecule has 0 radical (unpaired) electrons. The van der Waals surface area contributed by atoms with E-state index in [1.165, 1.54) is 12.1 Å². The van der Waals surface area contributed by atoms with E-state index in [1.807, 2.05) is 0 Å². The zero-order valence-corrected chi connectivity index (χ0v) is 10.4. The van der Waals surface area contributed by atoms with Gasteiger partial charge in [0.05, 0.1) is 19.8 Å². The molecule has 0 amide bonds. The van der Waals surface area contributed by atoms with Crippen LogP contribution in [0.25, 0.3) is 0 Å². The van der Waals surface area contributed by atoms with Crippen molar-refractivity contribution >= 4 is 0 Å². The first-order valence-electron chi connectivity index (χ1n) is 5.78. The highest BCUT2D eigenvalue weighted by atomic mass is 19.1. The summed E-state index contributed by atoms with van der Waals surface area (Å²) in [5.74, 6) is 0.387. The maximum Gasteiger partial charge on any atom is 0.124 e. The number of hydrogen-bond donors (Lipinski definition) is 0. The van der Waals surface area contributed by atoms with Crippen LogP contribution in [0.15, 0.2) is 30.9 Å². The quantitative estimate of drug-likeness (QED) is 0.671. The SMILES string of the molecule is C=CCO[C@@H](CCC)c1cc(F)ccc1OC. The van der Waals surface area contributed by atoms with Crippen LogP contribution in [-0.4, -0.2) is 13.7 Å². The van der Waals surface area contributed by atoms with Gasteiger partial charge < -0.3 is 9.47 Å². The highest BCUT2D eigenvalue weighted by Gasteiger charge is 2.16. The van der Waals surface area contributed by atoms with E-state index in [2.05, 4.69) is 13.5 Å². The minimum Gasteiger partial charge on any atom is -0.496 e. The molecule has 0 bridgehead atoms. The van der Waals surface area contributed by atoms with Crippen molar-refractivity contribution < 1.29 is 13.9 Å². The van der Waals surface area contributed by atoms with E-state index in [0.717, 1.165) is 18.4 Å². The predicted molar refractivity (Wildman–Crippen MR) is 66.8 cm³/mol. The molecule has 0 saturated carbocycles. The van der Waals surface area contributed by atoms with Gasteiger partial charge in [0.2, 0.25) is 0 Å². The summed E-state index contributed by atoms with van der Waals surface area (Å²) >= 11 is 0. The Hall–Kier alpha value is -1.35. The Morgan fingerprint density at radius 1 is 1.47 bits per heavy atom. The van der Waals surface area contributed by atoms with Crippen molar-refractivity contribution in [3.63, 3.8) is 0 Å².